The van der Waals surface area contributed by atoms with Crippen LogP contribution in [-0.4, -0.2) is 22.6 Å². The van der Waals surface area contributed by atoms with Crippen molar-refractivity contribution in [1.29, 1.82) is 0 Å². The fourth-order valence-electron chi connectivity index (χ4n) is 3.60. The average molecular weight is 437 g/mol. The number of benzene rings is 1. The number of carbonyl (C=O) groups excluding carboxylic acids is 1. The quantitative estimate of drug-likeness (QED) is 0.387. The Labute approximate surface area is 184 Å². The lowest BCUT2D eigenvalue weighted by molar-refractivity contribution is 0.0563. The maximum atomic E-state index is 13.6. The van der Waals surface area contributed by atoms with E-state index in [1.165, 1.54) is 24.0 Å². The van der Waals surface area contributed by atoms with Gasteiger partial charge in [0.05, 0.1) is 19.0 Å². The van der Waals surface area contributed by atoms with E-state index in [0.717, 1.165) is 22.4 Å². The first-order valence-corrected chi connectivity index (χ1v) is 11.1. The Balaban J connectivity index is 1.84. The maximum Gasteiger partial charge on any atom is 0.373 e. The Kier molecular flexibility index (Phi) is 5.78. The molecular formula is C24H24N2O4S. The number of thiophene rings is 1. The van der Waals surface area contributed by atoms with E-state index >= 15 is 0 Å². The van der Waals surface area contributed by atoms with E-state index in [0.29, 0.717) is 17.0 Å². The molecule has 0 amide bonds. The molecule has 31 heavy (non-hydrogen) atoms. The van der Waals surface area contributed by atoms with Crippen LogP contribution in [0.15, 0.2) is 51.0 Å². The number of methoxy groups -OCH3 is 1. The first-order valence-electron chi connectivity index (χ1n) is 10.2. The molecule has 6 nitrogen and oxygen atoms in total. The van der Waals surface area contributed by atoms with Gasteiger partial charge in [-0.25, -0.2) is 9.78 Å². The molecule has 3 aromatic heterocycles. The normalized spacial score (nSPS) is 11.4. The summed E-state index contributed by atoms with van der Waals surface area (Å²) in [4.78, 5) is 30.9. The minimum atomic E-state index is -0.549. The van der Waals surface area contributed by atoms with Crippen LogP contribution in [0.1, 0.15) is 54.4 Å². The van der Waals surface area contributed by atoms with Gasteiger partial charge in [-0.15, -0.1) is 11.3 Å². The van der Waals surface area contributed by atoms with Gasteiger partial charge in [0.25, 0.3) is 5.56 Å². The molecule has 0 aliphatic heterocycles. The fraction of sp³-hybridized carbons (Fsp3) is 0.292. The van der Waals surface area contributed by atoms with Crippen LogP contribution in [0.5, 0.6) is 0 Å². The number of rotatable bonds is 6. The second-order valence-corrected chi connectivity index (χ2v) is 8.51. The lowest BCUT2D eigenvalue weighted by Crippen LogP contribution is -2.26. The smallest absolute Gasteiger partial charge is 0.373 e. The first kappa shape index (κ1) is 21.1. The summed E-state index contributed by atoms with van der Waals surface area (Å²) in [7, 11) is 1.30. The molecule has 0 radical (unpaired) electrons. The van der Waals surface area contributed by atoms with Gasteiger partial charge in [-0.3, -0.25) is 9.36 Å². The van der Waals surface area contributed by atoms with Crippen LogP contribution in [0, 0.1) is 0 Å². The summed E-state index contributed by atoms with van der Waals surface area (Å²) in [6.45, 7) is 6.32. The summed E-state index contributed by atoms with van der Waals surface area (Å²) in [6.07, 6.45) is 0.966. The van der Waals surface area contributed by atoms with Gasteiger partial charge < -0.3 is 9.15 Å². The van der Waals surface area contributed by atoms with Crippen LogP contribution in [0.4, 0.5) is 0 Å². The maximum absolute atomic E-state index is 13.6. The third-order valence-electron chi connectivity index (χ3n) is 5.28. The Hall–Kier alpha value is -3.19. The van der Waals surface area contributed by atoms with Gasteiger partial charge in [0, 0.05) is 16.9 Å². The zero-order valence-corrected chi connectivity index (χ0v) is 18.8. The lowest BCUT2D eigenvalue weighted by Gasteiger charge is -2.14. The number of fused-ring (bicyclic) bond motifs is 1. The van der Waals surface area contributed by atoms with Gasteiger partial charge in [-0.2, -0.15) is 0 Å². The van der Waals surface area contributed by atoms with E-state index in [4.69, 9.17) is 14.1 Å². The van der Waals surface area contributed by atoms with Gasteiger partial charge in [-0.1, -0.05) is 45.0 Å². The number of hydrogen-bond donors (Lipinski definition) is 0. The van der Waals surface area contributed by atoms with Crippen molar-refractivity contribution in [2.45, 2.75) is 39.7 Å². The standard InChI is InChI=1S/C24H24N2O4S/c1-5-15-6-8-16(9-7-15)18-13-31-22-20(18)23(27)26(21(25-22)14(2)3)12-17-10-11-19(30-17)24(28)29-4/h6-11,13-14H,5,12H2,1-4H3. The molecule has 3 heterocycles. The summed E-state index contributed by atoms with van der Waals surface area (Å²) in [5, 5.41) is 2.61. The zero-order chi connectivity index (χ0) is 22.1. The van der Waals surface area contributed by atoms with E-state index in [1.54, 1.807) is 16.7 Å². The molecule has 0 aliphatic rings. The number of nitrogens with zero attached hydrogens (tertiary/aromatic N) is 2. The molecule has 0 saturated heterocycles. The van der Waals surface area contributed by atoms with Gasteiger partial charge in [-0.05, 0) is 29.7 Å². The summed E-state index contributed by atoms with van der Waals surface area (Å²) < 4.78 is 11.9. The van der Waals surface area contributed by atoms with E-state index in [9.17, 15) is 9.59 Å². The molecule has 160 valence electrons. The van der Waals surface area contributed by atoms with Crippen LogP contribution < -0.4 is 5.56 Å². The van der Waals surface area contributed by atoms with Crippen molar-refractivity contribution in [3.63, 3.8) is 0 Å². The highest BCUT2D eigenvalue weighted by molar-refractivity contribution is 7.17. The minimum Gasteiger partial charge on any atom is -0.463 e. The van der Waals surface area contributed by atoms with Crippen LogP contribution >= 0.6 is 11.3 Å². The monoisotopic (exact) mass is 436 g/mol. The van der Waals surface area contributed by atoms with Crippen molar-refractivity contribution in [3.8, 4) is 11.1 Å². The molecule has 0 unspecified atom stereocenters. The highest BCUT2D eigenvalue weighted by atomic mass is 32.1. The SMILES string of the molecule is CCc1ccc(-c2csc3nc(C(C)C)n(Cc4ccc(C(=O)OC)o4)c(=O)c23)cc1. The summed E-state index contributed by atoms with van der Waals surface area (Å²) in [6, 6.07) is 11.5. The number of furan rings is 1. The van der Waals surface area contributed by atoms with Crippen molar-refractivity contribution < 1.29 is 13.9 Å². The average Bonchev–Trinajstić information content (AvgIpc) is 3.42. The number of hydrogen-bond acceptors (Lipinski definition) is 6. The number of aryl methyl sites for hydroxylation is 1. The zero-order valence-electron chi connectivity index (χ0n) is 18.0. The van der Waals surface area contributed by atoms with E-state index in [-0.39, 0.29) is 23.8 Å². The number of aromatic nitrogens is 2. The Morgan fingerprint density at radius 2 is 1.94 bits per heavy atom. The minimum absolute atomic E-state index is 0.0431. The van der Waals surface area contributed by atoms with Gasteiger partial charge in [0.15, 0.2) is 0 Å². The molecular weight excluding hydrogens is 412 g/mol. The first-order chi connectivity index (χ1) is 14.9. The second-order valence-electron chi connectivity index (χ2n) is 7.65. The summed E-state index contributed by atoms with van der Waals surface area (Å²) in [5.41, 5.74) is 3.02. The molecule has 0 N–H and O–H groups in total. The summed E-state index contributed by atoms with van der Waals surface area (Å²) in [5.74, 6) is 0.782. The van der Waals surface area contributed by atoms with Crippen molar-refractivity contribution in [2.24, 2.45) is 0 Å². The predicted molar refractivity (Wildman–Crippen MR) is 122 cm³/mol. The number of esters is 1. The molecule has 0 atom stereocenters. The van der Waals surface area contributed by atoms with E-state index in [2.05, 4.69) is 31.2 Å². The molecule has 7 heteroatoms. The van der Waals surface area contributed by atoms with Gasteiger partial charge >= 0.3 is 5.97 Å². The van der Waals surface area contributed by atoms with Crippen molar-refractivity contribution >= 4 is 27.5 Å². The lowest BCUT2D eigenvalue weighted by atomic mass is 10.0. The molecule has 0 spiro atoms. The van der Waals surface area contributed by atoms with Gasteiger partial charge in [0.1, 0.15) is 16.4 Å². The van der Waals surface area contributed by atoms with Crippen LogP contribution in [0.2, 0.25) is 0 Å². The third kappa shape index (κ3) is 3.93. The molecule has 0 saturated carbocycles. The molecule has 1 aromatic carbocycles. The molecule has 4 rings (SSSR count). The Bertz CT molecular complexity index is 1300. The number of ether oxygens (including phenoxy) is 1. The highest BCUT2D eigenvalue weighted by Crippen LogP contribution is 2.32. The van der Waals surface area contributed by atoms with Crippen LogP contribution in [0.3, 0.4) is 0 Å². The Morgan fingerprint density at radius 1 is 1.19 bits per heavy atom. The second kappa shape index (κ2) is 8.51. The predicted octanol–water partition coefficient (Wildman–Crippen LogP) is 5.24. The third-order valence-corrected chi connectivity index (χ3v) is 6.15. The van der Waals surface area contributed by atoms with E-state index in [1.807, 2.05) is 19.2 Å². The fourth-order valence-corrected chi connectivity index (χ4v) is 4.54. The van der Waals surface area contributed by atoms with Crippen LogP contribution in [-0.2, 0) is 17.7 Å². The largest absolute Gasteiger partial charge is 0.463 e. The van der Waals surface area contributed by atoms with Crippen molar-refractivity contribution in [3.05, 3.63) is 75.0 Å². The molecule has 0 bridgehead atoms. The topological polar surface area (TPSA) is 74.3 Å². The molecule has 0 aliphatic carbocycles. The molecule has 4 aromatic rings. The Morgan fingerprint density at radius 3 is 2.58 bits per heavy atom. The van der Waals surface area contributed by atoms with Crippen molar-refractivity contribution in [1.82, 2.24) is 9.55 Å². The summed E-state index contributed by atoms with van der Waals surface area (Å²) >= 11 is 1.48. The molecule has 0 fully saturated rings. The highest BCUT2D eigenvalue weighted by Gasteiger charge is 2.20. The number of carbonyl (C=O) groups is 1. The van der Waals surface area contributed by atoms with Gasteiger partial charge in [0.2, 0.25) is 5.76 Å². The van der Waals surface area contributed by atoms with E-state index < -0.39 is 5.97 Å². The van der Waals surface area contributed by atoms with Crippen molar-refractivity contribution in [2.75, 3.05) is 7.11 Å². The van der Waals surface area contributed by atoms with Crippen LogP contribution in [0.25, 0.3) is 21.3 Å².